The van der Waals surface area contributed by atoms with Crippen molar-refractivity contribution in [1.82, 2.24) is 25.4 Å². The van der Waals surface area contributed by atoms with Crippen molar-refractivity contribution in [3.8, 4) is 0 Å². The minimum Gasteiger partial charge on any atom is -0.356 e. The van der Waals surface area contributed by atoms with Crippen LogP contribution in [-0.2, 0) is 25.9 Å². The third kappa shape index (κ3) is 4.89. The zero-order valence-electron chi connectivity index (χ0n) is 14.9. The van der Waals surface area contributed by atoms with Crippen molar-refractivity contribution in [2.75, 3.05) is 13.6 Å². The molecule has 0 unspecified atom stereocenters. The number of nitrogens with zero attached hydrogens (tertiary/aromatic N) is 4. The molecular formula is C18H24Cl2N6. The van der Waals surface area contributed by atoms with Crippen LogP contribution in [0.2, 0.25) is 10.0 Å². The SMILES string of the molecule is CN=C(NCCCc1ccc(Cl)cc1Cl)NCc1nnc2n1CCCC2. The maximum absolute atomic E-state index is 6.21. The highest BCUT2D eigenvalue weighted by atomic mass is 35.5. The number of hydrogen-bond donors (Lipinski definition) is 2. The molecule has 0 saturated carbocycles. The minimum atomic E-state index is 0.621. The van der Waals surface area contributed by atoms with Crippen molar-refractivity contribution in [1.29, 1.82) is 0 Å². The van der Waals surface area contributed by atoms with Crippen LogP contribution in [0, 0.1) is 0 Å². The Kier molecular flexibility index (Phi) is 6.74. The van der Waals surface area contributed by atoms with Gasteiger partial charge in [-0.05, 0) is 43.4 Å². The first-order chi connectivity index (χ1) is 12.7. The number of halogens is 2. The first kappa shape index (κ1) is 19.0. The molecule has 8 heteroatoms. The Morgan fingerprint density at radius 1 is 1.23 bits per heavy atom. The summed E-state index contributed by atoms with van der Waals surface area (Å²) in [5.41, 5.74) is 1.11. The average Bonchev–Trinajstić information content (AvgIpc) is 3.06. The molecule has 0 aliphatic carbocycles. The second-order valence-corrected chi connectivity index (χ2v) is 7.18. The van der Waals surface area contributed by atoms with E-state index in [4.69, 9.17) is 23.2 Å². The lowest BCUT2D eigenvalue weighted by molar-refractivity contribution is 0.504. The summed E-state index contributed by atoms with van der Waals surface area (Å²) in [7, 11) is 1.77. The molecule has 2 aromatic rings. The van der Waals surface area contributed by atoms with Gasteiger partial charge in [0.25, 0.3) is 0 Å². The van der Waals surface area contributed by atoms with Crippen LogP contribution in [0.5, 0.6) is 0 Å². The fourth-order valence-corrected chi connectivity index (χ4v) is 3.60. The Labute approximate surface area is 164 Å². The Morgan fingerprint density at radius 3 is 2.92 bits per heavy atom. The van der Waals surface area contributed by atoms with E-state index in [1.807, 2.05) is 12.1 Å². The number of hydrogen-bond acceptors (Lipinski definition) is 3. The van der Waals surface area contributed by atoms with E-state index in [9.17, 15) is 0 Å². The van der Waals surface area contributed by atoms with Gasteiger partial charge in [0, 0.05) is 36.6 Å². The number of aryl methyl sites for hydroxylation is 2. The van der Waals surface area contributed by atoms with E-state index in [1.165, 1.54) is 12.8 Å². The van der Waals surface area contributed by atoms with Gasteiger partial charge in [0.05, 0.1) is 6.54 Å². The van der Waals surface area contributed by atoms with Gasteiger partial charge in [-0.3, -0.25) is 4.99 Å². The van der Waals surface area contributed by atoms with E-state index in [-0.39, 0.29) is 0 Å². The van der Waals surface area contributed by atoms with Crippen molar-refractivity contribution < 1.29 is 0 Å². The van der Waals surface area contributed by atoms with Crippen LogP contribution in [-0.4, -0.2) is 34.3 Å². The molecule has 0 bridgehead atoms. The number of rotatable bonds is 6. The lowest BCUT2D eigenvalue weighted by atomic mass is 10.1. The summed E-state index contributed by atoms with van der Waals surface area (Å²) < 4.78 is 2.21. The highest BCUT2D eigenvalue weighted by Crippen LogP contribution is 2.21. The second kappa shape index (κ2) is 9.24. The number of fused-ring (bicyclic) bond motifs is 1. The van der Waals surface area contributed by atoms with Crippen LogP contribution in [0.1, 0.15) is 36.5 Å². The third-order valence-corrected chi connectivity index (χ3v) is 5.09. The average molecular weight is 395 g/mol. The normalized spacial score (nSPS) is 14.2. The number of nitrogens with one attached hydrogen (secondary N) is 2. The molecule has 0 saturated heterocycles. The molecule has 2 heterocycles. The zero-order valence-corrected chi connectivity index (χ0v) is 16.4. The van der Waals surface area contributed by atoms with Crippen molar-refractivity contribution in [2.45, 2.75) is 45.2 Å². The Hall–Kier alpha value is -1.79. The van der Waals surface area contributed by atoms with Gasteiger partial charge in [-0.2, -0.15) is 0 Å². The Morgan fingerprint density at radius 2 is 2.12 bits per heavy atom. The van der Waals surface area contributed by atoms with Gasteiger partial charge >= 0.3 is 0 Å². The monoisotopic (exact) mass is 394 g/mol. The van der Waals surface area contributed by atoms with E-state index in [0.29, 0.717) is 11.6 Å². The second-order valence-electron chi connectivity index (χ2n) is 6.33. The standard InChI is InChI=1S/C18H24Cl2N6/c1-21-18(22-9-4-5-13-7-8-14(19)11-15(13)20)23-12-17-25-24-16-6-2-3-10-26(16)17/h7-8,11H,2-6,9-10,12H2,1H3,(H2,21,22,23). The van der Waals surface area contributed by atoms with Gasteiger partial charge in [0.15, 0.2) is 11.8 Å². The minimum absolute atomic E-state index is 0.621. The van der Waals surface area contributed by atoms with Crippen molar-refractivity contribution >= 4 is 29.2 Å². The van der Waals surface area contributed by atoms with Crippen LogP contribution >= 0.6 is 23.2 Å². The van der Waals surface area contributed by atoms with E-state index in [0.717, 1.165) is 60.5 Å². The molecule has 1 aliphatic heterocycles. The van der Waals surface area contributed by atoms with Gasteiger partial charge in [0.1, 0.15) is 5.82 Å². The molecule has 1 aliphatic rings. The van der Waals surface area contributed by atoms with E-state index < -0.39 is 0 Å². The van der Waals surface area contributed by atoms with Crippen LogP contribution in [0.4, 0.5) is 0 Å². The first-order valence-corrected chi connectivity index (χ1v) is 9.72. The fourth-order valence-electron chi connectivity index (χ4n) is 3.09. The molecule has 3 rings (SSSR count). The van der Waals surface area contributed by atoms with Crippen LogP contribution in [0.15, 0.2) is 23.2 Å². The van der Waals surface area contributed by atoms with Crippen LogP contribution in [0.3, 0.4) is 0 Å². The highest BCUT2D eigenvalue weighted by Gasteiger charge is 2.15. The predicted molar refractivity (Wildman–Crippen MR) is 106 cm³/mol. The molecule has 140 valence electrons. The smallest absolute Gasteiger partial charge is 0.191 e. The van der Waals surface area contributed by atoms with E-state index in [1.54, 1.807) is 13.1 Å². The maximum Gasteiger partial charge on any atom is 0.191 e. The Bertz CT molecular complexity index is 771. The number of aliphatic imine (C=N–C) groups is 1. The molecule has 0 radical (unpaired) electrons. The van der Waals surface area contributed by atoms with Crippen molar-refractivity contribution in [3.05, 3.63) is 45.5 Å². The molecule has 0 atom stereocenters. The van der Waals surface area contributed by atoms with Gasteiger partial charge in [-0.15, -0.1) is 10.2 Å². The van der Waals surface area contributed by atoms with Crippen molar-refractivity contribution in [2.24, 2.45) is 4.99 Å². The van der Waals surface area contributed by atoms with E-state index in [2.05, 4.69) is 30.4 Å². The first-order valence-electron chi connectivity index (χ1n) is 8.97. The predicted octanol–water partition coefficient (Wildman–Crippen LogP) is 3.22. The molecule has 1 aromatic carbocycles. The maximum atomic E-state index is 6.21. The van der Waals surface area contributed by atoms with Gasteiger partial charge in [0.2, 0.25) is 0 Å². The van der Waals surface area contributed by atoms with E-state index >= 15 is 0 Å². The lowest BCUT2D eigenvalue weighted by Gasteiger charge is -2.16. The van der Waals surface area contributed by atoms with Gasteiger partial charge in [-0.1, -0.05) is 29.3 Å². The third-order valence-electron chi connectivity index (χ3n) is 4.50. The van der Waals surface area contributed by atoms with Gasteiger partial charge in [-0.25, -0.2) is 0 Å². The highest BCUT2D eigenvalue weighted by molar-refractivity contribution is 6.35. The van der Waals surface area contributed by atoms with Crippen LogP contribution in [0.25, 0.3) is 0 Å². The fraction of sp³-hybridized carbons (Fsp3) is 0.500. The van der Waals surface area contributed by atoms with Gasteiger partial charge < -0.3 is 15.2 Å². The molecule has 6 nitrogen and oxygen atoms in total. The topological polar surface area (TPSA) is 67.1 Å². The summed E-state index contributed by atoms with van der Waals surface area (Å²) in [4.78, 5) is 4.27. The molecule has 2 N–H and O–H groups in total. The largest absolute Gasteiger partial charge is 0.356 e. The quantitative estimate of drug-likeness (QED) is 0.448. The molecule has 0 amide bonds. The zero-order chi connectivity index (χ0) is 18.4. The summed E-state index contributed by atoms with van der Waals surface area (Å²) in [6.45, 7) is 2.43. The molecular weight excluding hydrogens is 371 g/mol. The number of guanidine groups is 1. The lowest BCUT2D eigenvalue weighted by Crippen LogP contribution is -2.38. The van der Waals surface area contributed by atoms with Crippen LogP contribution < -0.4 is 10.6 Å². The Balaban J connectivity index is 1.43. The summed E-state index contributed by atoms with van der Waals surface area (Å²) in [6, 6.07) is 5.63. The number of benzene rings is 1. The summed E-state index contributed by atoms with van der Waals surface area (Å²) >= 11 is 12.1. The summed E-state index contributed by atoms with van der Waals surface area (Å²) in [6.07, 6.45) is 5.25. The van der Waals surface area contributed by atoms with Crippen molar-refractivity contribution in [3.63, 3.8) is 0 Å². The summed E-state index contributed by atoms with van der Waals surface area (Å²) in [5, 5.41) is 16.6. The number of aromatic nitrogens is 3. The summed E-state index contributed by atoms with van der Waals surface area (Å²) in [5.74, 6) is 2.83. The molecule has 26 heavy (non-hydrogen) atoms. The molecule has 0 fully saturated rings. The molecule has 1 aromatic heterocycles. The molecule has 0 spiro atoms.